The van der Waals surface area contributed by atoms with Gasteiger partial charge in [0.05, 0.1) is 0 Å². The molecule has 0 aromatic rings. The van der Waals surface area contributed by atoms with Crippen LogP contribution in [0.4, 0.5) is 0 Å². The van der Waals surface area contributed by atoms with Crippen LogP contribution in [0.25, 0.3) is 0 Å². The van der Waals surface area contributed by atoms with E-state index < -0.39 is 0 Å². The van der Waals surface area contributed by atoms with Crippen LogP contribution in [-0.4, -0.2) is 0 Å². The zero-order chi connectivity index (χ0) is 7.68. The molecule has 1 unspecified atom stereocenters. The molecule has 0 nitrogen and oxygen atoms in total. The highest BCUT2D eigenvalue weighted by atomic mass is 14.4. The van der Waals surface area contributed by atoms with Crippen LogP contribution >= 0.6 is 0 Å². The van der Waals surface area contributed by atoms with Crippen LogP contribution in [0.5, 0.6) is 0 Å². The molecule has 0 saturated heterocycles. The molecule has 0 aromatic carbocycles. The summed E-state index contributed by atoms with van der Waals surface area (Å²) in [5.74, 6) is 3.31. The molecule has 2 aliphatic carbocycles. The molecule has 2 atom stereocenters. The summed E-state index contributed by atoms with van der Waals surface area (Å²) < 4.78 is 0. The van der Waals surface area contributed by atoms with Crippen molar-refractivity contribution < 1.29 is 0 Å². The highest BCUT2D eigenvalue weighted by Crippen LogP contribution is 2.42. The molecule has 2 aliphatic rings. The molecule has 0 aliphatic heterocycles. The lowest BCUT2D eigenvalue weighted by Crippen LogP contribution is -2.07. The standard InChI is InChI=1S/C11H20/c1-9-6-7-11(8-9)10-4-2-3-5-10/h9-11H,2-8H2,1H3/t9-,11?/m1/s1. The largest absolute Gasteiger partial charge is 0.0625 e. The fourth-order valence-corrected chi connectivity index (χ4v) is 3.11. The first kappa shape index (κ1) is 7.64. The van der Waals surface area contributed by atoms with Gasteiger partial charge in [-0.05, 0) is 30.6 Å². The summed E-state index contributed by atoms with van der Waals surface area (Å²) >= 11 is 0. The van der Waals surface area contributed by atoms with Crippen molar-refractivity contribution in [1.29, 1.82) is 0 Å². The van der Waals surface area contributed by atoms with Crippen molar-refractivity contribution in [1.82, 2.24) is 0 Å². The van der Waals surface area contributed by atoms with Gasteiger partial charge in [-0.1, -0.05) is 39.0 Å². The van der Waals surface area contributed by atoms with Gasteiger partial charge in [0, 0.05) is 0 Å². The Labute approximate surface area is 70.4 Å². The Hall–Kier alpha value is 0. The molecule has 2 saturated carbocycles. The minimum Gasteiger partial charge on any atom is -0.0625 e. The van der Waals surface area contributed by atoms with Crippen molar-refractivity contribution >= 4 is 0 Å². The van der Waals surface area contributed by atoms with Crippen LogP contribution < -0.4 is 0 Å². The van der Waals surface area contributed by atoms with Crippen molar-refractivity contribution in [3.8, 4) is 0 Å². The van der Waals surface area contributed by atoms with Crippen molar-refractivity contribution in [3.05, 3.63) is 0 Å². The zero-order valence-electron chi connectivity index (χ0n) is 7.68. The highest BCUT2D eigenvalue weighted by molar-refractivity contribution is 4.81. The van der Waals surface area contributed by atoms with E-state index in [2.05, 4.69) is 6.92 Å². The number of rotatable bonds is 1. The van der Waals surface area contributed by atoms with E-state index in [1.165, 1.54) is 19.3 Å². The maximum absolute atomic E-state index is 2.43. The first-order valence-corrected chi connectivity index (χ1v) is 5.36. The minimum atomic E-state index is 1.04. The van der Waals surface area contributed by atoms with Gasteiger partial charge in [-0.25, -0.2) is 0 Å². The molecule has 0 heterocycles. The number of hydrogen-bond donors (Lipinski definition) is 0. The Morgan fingerprint density at radius 3 is 2.09 bits per heavy atom. The molecular formula is C11H20. The molecule has 0 aromatic heterocycles. The summed E-state index contributed by atoms with van der Waals surface area (Å²) in [4.78, 5) is 0. The second-order valence-electron chi connectivity index (χ2n) is 4.72. The summed E-state index contributed by atoms with van der Waals surface area (Å²) in [6.45, 7) is 2.43. The van der Waals surface area contributed by atoms with E-state index in [1.54, 1.807) is 25.7 Å². The molecule has 11 heavy (non-hydrogen) atoms. The average Bonchev–Trinajstić information content (AvgIpc) is 2.55. The third-order valence-corrected chi connectivity index (χ3v) is 3.80. The van der Waals surface area contributed by atoms with Gasteiger partial charge in [0.1, 0.15) is 0 Å². The molecule has 0 amide bonds. The minimum absolute atomic E-state index is 1.04. The van der Waals surface area contributed by atoms with E-state index in [0.29, 0.717) is 0 Å². The lowest BCUT2D eigenvalue weighted by Gasteiger charge is -2.16. The predicted molar refractivity (Wildman–Crippen MR) is 48.5 cm³/mol. The fourth-order valence-electron chi connectivity index (χ4n) is 3.11. The Morgan fingerprint density at radius 2 is 1.55 bits per heavy atom. The molecule has 0 N–H and O–H groups in total. The molecule has 64 valence electrons. The van der Waals surface area contributed by atoms with Gasteiger partial charge in [-0.15, -0.1) is 0 Å². The first-order valence-electron chi connectivity index (χ1n) is 5.36. The Balaban J connectivity index is 1.85. The van der Waals surface area contributed by atoms with E-state index >= 15 is 0 Å². The van der Waals surface area contributed by atoms with Crippen molar-refractivity contribution in [2.75, 3.05) is 0 Å². The molecule has 0 spiro atoms. The Kier molecular flexibility index (Phi) is 2.20. The van der Waals surface area contributed by atoms with E-state index in [-0.39, 0.29) is 0 Å². The second kappa shape index (κ2) is 3.16. The van der Waals surface area contributed by atoms with E-state index in [0.717, 1.165) is 17.8 Å². The van der Waals surface area contributed by atoms with Gasteiger partial charge in [0.2, 0.25) is 0 Å². The summed E-state index contributed by atoms with van der Waals surface area (Å²) in [6.07, 6.45) is 10.8. The van der Waals surface area contributed by atoms with E-state index in [1.807, 2.05) is 0 Å². The maximum atomic E-state index is 2.43. The summed E-state index contributed by atoms with van der Waals surface area (Å²) in [7, 11) is 0. The predicted octanol–water partition coefficient (Wildman–Crippen LogP) is 3.61. The summed E-state index contributed by atoms with van der Waals surface area (Å²) in [5, 5.41) is 0. The Bertz CT molecular complexity index is 122. The smallest absolute Gasteiger partial charge is 0.0383 e. The molecule has 2 fully saturated rings. The topological polar surface area (TPSA) is 0 Å². The van der Waals surface area contributed by atoms with Crippen molar-refractivity contribution in [2.45, 2.75) is 51.9 Å². The van der Waals surface area contributed by atoms with Crippen LogP contribution in [0, 0.1) is 17.8 Å². The highest BCUT2D eigenvalue weighted by Gasteiger charge is 2.30. The molecule has 2 rings (SSSR count). The normalized spacial score (nSPS) is 40.1. The van der Waals surface area contributed by atoms with Crippen LogP contribution in [0.2, 0.25) is 0 Å². The number of hydrogen-bond acceptors (Lipinski definition) is 0. The van der Waals surface area contributed by atoms with Gasteiger partial charge in [0.25, 0.3) is 0 Å². The van der Waals surface area contributed by atoms with Gasteiger partial charge in [-0.3, -0.25) is 0 Å². The van der Waals surface area contributed by atoms with Crippen LogP contribution in [0.1, 0.15) is 51.9 Å². The quantitative estimate of drug-likeness (QED) is 0.538. The lowest BCUT2D eigenvalue weighted by molar-refractivity contribution is 0.338. The molecule has 0 bridgehead atoms. The van der Waals surface area contributed by atoms with Crippen LogP contribution in [0.15, 0.2) is 0 Å². The molecule has 0 radical (unpaired) electrons. The zero-order valence-corrected chi connectivity index (χ0v) is 7.68. The van der Waals surface area contributed by atoms with Crippen molar-refractivity contribution in [3.63, 3.8) is 0 Å². The third kappa shape index (κ3) is 1.60. The monoisotopic (exact) mass is 152 g/mol. The lowest BCUT2D eigenvalue weighted by atomic mass is 9.89. The van der Waals surface area contributed by atoms with Crippen LogP contribution in [-0.2, 0) is 0 Å². The van der Waals surface area contributed by atoms with E-state index in [9.17, 15) is 0 Å². The summed E-state index contributed by atoms with van der Waals surface area (Å²) in [6, 6.07) is 0. The first-order chi connectivity index (χ1) is 5.36. The second-order valence-corrected chi connectivity index (χ2v) is 4.72. The van der Waals surface area contributed by atoms with Gasteiger partial charge in [0.15, 0.2) is 0 Å². The van der Waals surface area contributed by atoms with Gasteiger partial charge < -0.3 is 0 Å². The molecular weight excluding hydrogens is 132 g/mol. The van der Waals surface area contributed by atoms with Gasteiger partial charge in [-0.2, -0.15) is 0 Å². The maximum Gasteiger partial charge on any atom is -0.0383 e. The third-order valence-electron chi connectivity index (χ3n) is 3.80. The SMILES string of the molecule is C[C@@H]1CCC(C2CCCC2)C1. The molecule has 0 heteroatoms. The van der Waals surface area contributed by atoms with Crippen molar-refractivity contribution in [2.24, 2.45) is 17.8 Å². The van der Waals surface area contributed by atoms with Gasteiger partial charge >= 0.3 is 0 Å². The summed E-state index contributed by atoms with van der Waals surface area (Å²) in [5.41, 5.74) is 0. The Morgan fingerprint density at radius 1 is 0.818 bits per heavy atom. The average molecular weight is 152 g/mol. The fraction of sp³-hybridized carbons (Fsp3) is 1.00. The van der Waals surface area contributed by atoms with E-state index in [4.69, 9.17) is 0 Å². The van der Waals surface area contributed by atoms with Crippen LogP contribution in [0.3, 0.4) is 0 Å².